The SMILES string of the molecule is CCCNC(CC)C(O)c1ccc2c(c1)nc(C)n2C. The van der Waals surface area contributed by atoms with Crippen molar-refractivity contribution < 1.29 is 5.11 Å². The van der Waals surface area contributed by atoms with Gasteiger partial charge in [0, 0.05) is 13.1 Å². The van der Waals surface area contributed by atoms with Crippen LogP contribution in [0.15, 0.2) is 18.2 Å². The van der Waals surface area contributed by atoms with Crippen molar-refractivity contribution in [1.29, 1.82) is 0 Å². The maximum atomic E-state index is 10.5. The highest BCUT2D eigenvalue weighted by atomic mass is 16.3. The van der Waals surface area contributed by atoms with Crippen molar-refractivity contribution >= 4 is 11.0 Å². The Labute approximate surface area is 120 Å². The van der Waals surface area contributed by atoms with Gasteiger partial charge in [-0.2, -0.15) is 0 Å². The molecular weight excluding hydrogens is 250 g/mol. The lowest BCUT2D eigenvalue weighted by Gasteiger charge is -2.23. The molecule has 0 fully saturated rings. The molecule has 2 aromatic rings. The zero-order valence-electron chi connectivity index (χ0n) is 12.8. The molecule has 2 N–H and O–H groups in total. The Bertz CT molecular complexity index is 576. The van der Waals surface area contributed by atoms with E-state index in [0.29, 0.717) is 0 Å². The number of imidazole rings is 1. The van der Waals surface area contributed by atoms with Gasteiger partial charge in [0.25, 0.3) is 0 Å². The molecule has 0 saturated carbocycles. The van der Waals surface area contributed by atoms with Crippen LogP contribution in [0.25, 0.3) is 11.0 Å². The number of aliphatic hydroxyl groups excluding tert-OH is 1. The zero-order valence-corrected chi connectivity index (χ0v) is 12.8. The standard InChI is InChI=1S/C16H25N3O/c1-5-9-17-13(6-2)16(20)12-7-8-15-14(10-12)18-11(3)19(15)4/h7-8,10,13,16-17,20H,5-6,9H2,1-4H3. The average Bonchev–Trinajstić information content (AvgIpc) is 2.74. The summed E-state index contributed by atoms with van der Waals surface area (Å²) in [4.78, 5) is 4.53. The van der Waals surface area contributed by atoms with E-state index in [1.165, 1.54) is 0 Å². The van der Waals surface area contributed by atoms with E-state index in [0.717, 1.165) is 41.8 Å². The fourth-order valence-electron chi connectivity index (χ4n) is 2.56. The van der Waals surface area contributed by atoms with Gasteiger partial charge in [-0.25, -0.2) is 4.98 Å². The summed E-state index contributed by atoms with van der Waals surface area (Å²) in [7, 11) is 2.01. The third-order valence-electron chi connectivity index (χ3n) is 3.95. The molecule has 0 radical (unpaired) electrons. The number of rotatable bonds is 6. The van der Waals surface area contributed by atoms with E-state index in [1.807, 2.05) is 32.2 Å². The molecule has 2 unspecified atom stereocenters. The molecule has 4 nitrogen and oxygen atoms in total. The lowest BCUT2D eigenvalue weighted by atomic mass is 9.99. The van der Waals surface area contributed by atoms with Crippen LogP contribution >= 0.6 is 0 Å². The first-order chi connectivity index (χ1) is 9.58. The van der Waals surface area contributed by atoms with Crippen molar-refractivity contribution in [2.24, 2.45) is 7.05 Å². The topological polar surface area (TPSA) is 50.1 Å². The second-order valence-electron chi connectivity index (χ2n) is 5.38. The van der Waals surface area contributed by atoms with Gasteiger partial charge in [0.15, 0.2) is 0 Å². The average molecular weight is 275 g/mol. The summed E-state index contributed by atoms with van der Waals surface area (Å²) in [5, 5.41) is 14.0. The van der Waals surface area contributed by atoms with Gasteiger partial charge < -0.3 is 15.0 Å². The molecular formula is C16H25N3O. The molecule has 1 aromatic carbocycles. The molecule has 1 heterocycles. The summed E-state index contributed by atoms with van der Waals surface area (Å²) in [5.41, 5.74) is 2.99. The number of nitrogens with one attached hydrogen (secondary N) is 1. The van der Waals surface area contributed by atoms with E-state index in [-0.39, 0.29) is 6.04 Å². The first-order valence-electron chi connectivity index (χ1n) is 7.42. The largest absolute Gasteiger partial charge is 0.387 e. The molecule has 0 aliphatic heterocycles. The Morgan fingerprint density at radius 3 is 2.75 bits per heavy atom. The number of fused-ring (bicyclic) bond motifs is 1. The summed E-state index contributed by atoms with van der Waals surface area (Å²) in [6, 6.07) is 6.14. The van der Waals surface area contributed by atoms with Gasteiger partial charge in [-0.15, -0.1) is 0 Å². The van der Waals surface area contributed by atoms with Crippen molar-refractivity contribution in [1.82, 2.24) is 14.9 Å². The number of nitrogens with zero attached hydrogens (tertiary/aromatic N) is 2. The van der Waals surface area contributed by atoms with Gasteiger partial charge in [-0.3, -0.25) is 0 Å². The van der Waals surface area contributed by atoms with Crippen LogP contribution in [-0.2, 0) is 7.05 Å². The van der Waals surface area contributed by atoms with E-state index in [1.54, 1.807) is 0 Å². The molecule has 0 spiro atoms. The quantitative estimate of drug-likeness (QED) is 0.852. The van der Waals surface area contributed by atoms with Gasteiger partial charge in [0.05, 0.1) is 17.1 Å². The number of aromatic nitrogens is 2. The maximum Gasteiger partial charge on any atom is 0.106 e. The number of hydrogen-bond donors (Lipinski definition) is 2. The number of aliphatic hydroxyl groups is 1. The normalized spacial score (nSPS) is 14.7. The van der Waals surface area contributed by atoms with Crippen LogP contribution in [0.5, 0.6) is 0 Å². The van der Waals surface area contributed by atoms with Crippen molar-refractivity contribution in [3.05, 3.63) is 29.6 Å². The van der Waals surface area contributed by atoms with E-state index in [2.05, 4.69) is 28.7 Å². The van der Waals surface area contributed by atoms with Crippen molar-refractivity contribution in [2.45, 2.75) is 45.8 Å². The Morgan fingerprint density at radius 1 is 1.35 bits per heavy atom. The molecule has 4 heteroatoms. The van der Waals surface area contributed by atoms with Crippen LogP contribution in [-0.4, -0.2) is 27.2 Å². The first-order valence-corrected chi connectivity index (χ1v) is 7.42. The predicted molar refractivity (Wildman–Crippen MR) is 82.8 cm³/mol. The van der Waals surface area contributed by atoms with E-state index in [9.17, 15) is 5.11 Å². The van der Waals surface area contributed by atoms with Gasteiger partial charge in [-0.05, 0) is 44.0 Å². The van der Waals surface area contributed by atoms with E-state index in [4.69, 9.17) is 0 Å². The Morgan fingerprint density at radius 2 is 2.10 bits per heavy atom. The predicted octanol–water partition coefficient (Wildman–Crippen LogP) is 2.69. The lowest BCUT2D eigenvalue weighted by Crippen LogP contribution is -2.34. The van der Waals surface area contributed by atoms with Crippen LogP contribution in [0.4, 0.5) is 0 Å². The maximum absolute atomic E-state index is 10.5. The molecule has 2 atom stereocenters. The van der Waals surface area contributed by atoms with Crippen LogP contribution < -0.4 is 5.32 Å². The molecule has 0 bridgehead atoms. The minimum absolute atomic E-state index is 0.0946. The van der Waals surface area contributed by atoms with Crippen LogP contribution in [0.2, 0.25) is 0 Å². The van der Waals surface area contributed by atoms with Crippen LogP contribution in [0.3, 0.4) is 0 Å². The Kier molecular flexibility index (Phi) is 4.78. The van der Waals surface area contributed by atoms with Crippen LogP contribution in [0.1, 0.15) is 44.2 Å². The minimum atomic E-state index is -0.488. The van der Waals surface area contributed by atoms with Gasteiger partial charge >= 0.3 is 0 Å². The summed E-state index contributed by atoms with van der Waals surface area (Å²) >= 11 is 0. The summed E-state index contributed by atoms with van der Waals surface area (Å²) < 4.78 is 2.07. The number of hydrogen-bond acceptors (Lipinski definition) is 3. The fraction of sp³-hybridized carbons (Fsp3) is 0.562. The number of benzene rings is 1. The van der Waals surface area contributed by atoms with Crippen molar-refractivity contribution in [3.8, 4) is 0 Å². The Balaban J connectivity index is 2.27. The Hall–Kier alpha value is -1.39. The molecule has 0 amide bonds. The highest BCUT2D eigenvalue weighted by Gasteiger charge is 2.19. The van der Waals surface area contributed by atoms with Crippen LogP contribution in [0, 0.1) is 6.92 Å². The number of aryl methyl sites for hydroxylation is 2. The second kappa shape index (κ2) is 6.37. The monoisotopic (exact) mass is 275 g/mol. The third kappa shape index (κ3) is 2.86. The fourth-order valence-corrected chi connectivity index (χ4v) is 2.56. The first kappa shape index (κ1) is 15.0. The molecule has 0 aliphatic rings. The van der Waals surface area contributed by atoms with Crippen molar-refractivity contribution in [3.63, 3.8) is 0 Å². The second-order valence-corrected chi connectivity index (χ2v) is 5.38. The summed E-state index contributed by atoms with van der Waals surface area (Å²) in [5.74, 6) is 0.989. The molecule has 0 saturated heterocycles. The minimum Gasteiger partial charge on any atom is -0.387 e. The van der Waals surface area contributed by atoms with Crippen molar-refractivity contribution in [2.75, 3.05) is 6.54 Å². The van der Waals surface area contributed by atoms with Gasteiger partial charge in [-0.1, -0.05) is 19.9 Å². The van der Waals surface area contributed by atoms with Gasteiger partial charge in [0.2, 0.25) is 0 Å². The van der Waals surface area contributed by atoms with E-state index < -0.39 is 6.10 Å². The van der Waals surface area contributed by atoms with E-state index >= 15 is 0 Å². The summed E-state index contributed by atoms with van der Waals surface area (Å²) in [6.45, 7) is 7.16. The van der Waals surface area contributed by atoms with Gasteiger partial charge in [0.1, 0.15) is 5.82 Å². The summed E-state index contributed by atoms with van der Waals surface area (Å²) in [6.07, 6.45) is 1.49. The highest BCUT2D eigenvalue weighted by Crippen LogP contribution is 2.23. The smallest absolute Gasteiger partial charge is 0.106 e. The molecule has 1 aromatic heterocycles. The zero-order chi connectivity index (χ0) is 14.7. The highest BCUT2D eigenvalue weighted by molar-refractivity contribution is 5.76. The third-order valence-corrected chi connectivity index (χ3v) is 3.95. The molecule has 2 rings (SSSR count). The lowest BCUT2D eigenvalue weighted by molar-refractivity contribution is 0.126. The molecule has 20 heavy (non-hydrogen) atoms. The molecule has 110 valence electrons. The molecule has 0 aliphatic carbocycles.